The second kappa shape index (κ2) is 5.25. The average Bonchev–Trinajstić information content (AvgIpc) is 2.64. The standard InChI is InChI=1S/C16H24N2O/c1-16(2,3)17-9-8-12-11-18(4)15-7-6-13(19-5)10-14(12)15/h6-7,10-11,17H,8-9H2,1-5H3. The zero-order chi connectivity index (χ0) is 14.0. The van der Waals surface area contributed by atoms with Crippen molar-refractivity contribution in [3.63, 3.8) is 0 Å². The van der Waals surface area contributed by atoms with Crippen LogP contribution in [-0.2, 0) is 13.5 Å². The fourth-order valence-electron chi connectivity index (χ4n) is 2.35. The highest BCUT2D eigenvalue weighted by Crippen LogP contribution is 2.25. The molecule has 0 saturated heterocycles. The molecule has 0 radical (unpaired) electrons. The third kappa shape index (κ3) is 3.29. The van der Waals surface area contributed by atoms with Gasteiger partial charge in [0.25, 0.3) is 0 Å². The summed E-state index contributed by atoms with van der Waals surface area (Å²) < 4.78 is 7.50. The maximum absolute atomic E-state index is 5.32. The van der Waals surface area contributed by atoms with Crippen LogP contribution in [-0.4, -0.2) is 23.8 Å². The molecule has 0 bridgehead atoms. The Labute approximate surface area is 115 Å². The molecule has 0 aliphatic heterocycles. The first-order valence-corrected chi connectivity index (χ1v) is 6.78. The first-order valence-electron chi connectivity index (χ1n) is 6.78. The maximum atomic E-state index is 5.32. The Kier molecular flexibility index (Phi) is 3.85. The molecule has 0 aliphatic rings. The van der Waals surface area contributed by atoms with Gasteiger partial charge in [-0.25, -0.2) is 0 Å². The summed E-state index contributed by atoms with van der Waals surface area (Å²) in [5.41, 5.74) is 2.79. The number of aryl methyl sites for hydroxylation is 1. The summed E-state index contributed by atoms with van der Waals surface area (Å²) in [5, 5.41) is 4.82. The van der Waals surface area contributed by atoms with E-state index in [9.17, 15) is 0 Å². The molecule has 0 aliphatic carbocycles. The normalized spacial score (nSPS) is 12.1. The van der Waals surface area contributed by atoms with Crippen LogP contribution in [0.2, 0.25) is 0 Å². The molecule has 0 atom stereocenters. The van der Waals surface area contributed by atoms with E-state index < -0.39 is 0 Å². The predicted octanol–water partition coefficient (Wildman–Crippen LogP) is 3.12. The number of rotatable bonds is 4. The van der Waals surface area contributed by atoms with Gasteiger partial charge >= 0.3 is 0 Å². The Morgan fingerprint density at radius 2 is 2.00 bits per heavy atom. The number of methoxy groups -OCH3 is 1. The van der Waals surface area contributed by atoms with Gasteiger partial charge in [0.15, 0.2) is 0 Å². The van der Waals surface area contributed by atoms with E-state index >= 15 is 0 Å². The van der Waals surface area contributed by atoms with E-state index in [0.29, 0.717) is 0 Å². The van der Waals surface area contributed by atoms with Crippen molar-refractivity contribution in [3.05, 3.63) is 30.0 Å². The average molecular weight is 260 g/mol. The summed E-state index contributed by atoms with van der Waals surface area (Å²) in [6.45, 7) is 7.57. The SMILES string of the molecule is COc1ccc2c(c1)c(CCNC(C)(C)C)cn2C. The predicted molar refractivity (Wildman–Crippen MR) is 80.9 cm³/mol. The van der Waals surface area contributed by atoms with Crippen molar-refractivity contribution < 1.29 is 4.74 Å². The van der Waals surface area contributed by atoms with Crippen LogP contribution in [0.1, 0.15) is 26.3 Å². The van der Waals surface area contributed by atoms with Gasteiger partial charge in [0.1, 0.15) is 5.75 Å². The molecule has 0 unspecified atom stereocenters. The zero-order valence-electron chi connectivity index (χ0n) is 12.6. The zero-order valence-corrected chi connectivity index (χ0v) is 12.6. The second-order valence-electron chi connectivity index (χ2n) is 6.08. The largest absolute Gasteiger partial charge is 0.497 e. The van der Waals surface area contributed by atoms with Crippen molar-refractivity contribution in [2.45, 2.75) is 32.7 Å². The van der Waals surface area contributed by atoms with Crippen molar-refractivity contribution in [1.82, 2.24) is 9.88 Å². The van der Waals surface area contributed by atoms with E-state index in [1.54, 1.807) is 7.11 Å². The number of nitrogens with zero attached hydrogens (tertiary/aromatic N) is 1. The number of fused-ring (bicyclic) bond motifs is 1. The molecule has 1 N–H and O–H groups in total. The summed E-state index contributed by atoms with van der Waals surface area (Å²) in [5.74, 6) is 0.920. The molecule has 0 fully saturated rings. The van der Waals surface area contributed by atoms with Gasteiger partial charge in [-0.1, -0.05) is 0 Å². The number of hydrogen-bond donors (Lipinski definition) is 1. The van der Waals surface area contributed by atoms with E-state index in [0.717, 1.165) is 18.7 Å². The molecule has 3 nitrogen and oxygen atoms in total. The Hall–Kier alpha value is -1.48. The summed E-state index contributed by atoms with van der Waals surface area (Å²) in [6.07, 6.45) is 3.25. The third-order valence-corrected chi connectivity index (χ3v) is 3.33. The van der Waals surface area contributed by atoms with Crippen molar-refractivity contribution in [2.75, 3.05) is 13.7 Å². The highest BCUT2D eigenvalue weighted by atomic mass is 16.5. The lowest BCUT2D eigenvalue weighted by molar-refractivity contribution is 0.415. The van der Waals surface area contributed by atoms with Crippen LogP contribution in [0, 0.1) is 0 Å². The lowest BCUT2D eigenvalue weighted by atomic mass is 10.1. The minimum absolute atomic E-state index is 0.169. The van der Waals surface area contributed by atoms with Crippen LogP contribution in [0.15, 0.2) is 24.4 Å². The number of nitrogens with one attached hydrogen (secondary N) is 1. The molecule has 2 aromatic rings. The van der Waals surface area contributed by atoms with E-state index in [4.69, 9.17) is 4.74 Å². The Balaban J connectivity index is 2.22. The number of aromatic nitrogens is 1. The van der Waals surface area contributed by atoms with Gasteiger partial charge in [0.2, 0.25) is 0 Å². The molecule has 104 valence electrons. The molecule has 0 amide bonds. The second-order valence-corrected chi connectivity index (χ2v) is 6.08. The molecule has 0 saturated carbocycles. The van der Waals surface area contributed by atoms with Gasteiger partial charge in [-0.15, -0.1) is 0 Å². The summed E-state index contributed by atoms with van der Waals surface area (Å²) >= 11 is 0. The van der Waals surface area contributed by atoms with Gasteiger partial charge in [0.05, 0.1) is 7.11 Å². The van der Waals surface area contributed by atoms with Crippen molar-refractivity contribution in [3.8, 4) is 5.75 Å². The summed E-state index contributed by atoms with van der Waals surface area (Å²) in [4.78, 5) is 0. The van der Waals surface area contributed by atoms with Crippen LogP contribution in [0.3, 0.4) is 0 Å². The van der Waals surface area contributed by atoms with E-state index in [1.807, 2.05) is 6.07 Å². The highest BCUT2D eigenvalue weighted by molar-refractivity contribution is 5.85. The Bertz CT molecular complexity index is 564. The molecule has 19 heavy (non-hydrogen) atoms. The molecule has 1 aromatic heterocycles. The molecule has 2 rings (SSSR count). The van der Waals surface area contributed by atoms with Crippen LogP contribution >= 0.6 is 0 Å². The van der Waals surface area contributed by atoms with Crippen LogP contribution < -0.4 is 10.1 Å². The van der Waals surface area contributed by atoms with Gasteiger partial charge < -0.3 is 14.6 Å². The lowest BCUT2D eigenvalue weighted by Gasteiger charge is -2.20. The van der Waals surface area contributed by atoms with Gasteiger partial charge in [0, 0.05) is 29.7 Å². The van der Waals surface area contributed by atoms with E-state index in [-0.39, 0.29) is 5.54 Å². The van der Waals surface area contributed by atoms with Crippen molar-refractivity contribution >= 4 is 10.9 Å². The fourth-order valence-corrected chi connectivity index (χ4v) is 2.35. The fraction of sp³-hybridized carbons (Fsp3) is 0.500. The topological polar surface area (TPSA) is 26.2 Å². The molecule has 3 heteroatoms. The van der Waals surface area contributed by atoms with Crippen LogP contribution in [0.5, 0.6) is 5.75 Å². The summed E-state index contributed by atoms with van der Waals surface area (Å²) in [6, 6.07) is 6.26. The molecular formula is C16H24N2O. The van der Waals surface area contributed by atoms with Crippen LogP contribution in [0.4, 0.5) is 0 Å². The highest BCUT2D eigenvalue weighted by Gasteiger charge is 2.11. The van der Waals surface area contributed by atoms with E-state index in [1.165, 1.54) is 16.5 Å². The number of benzene rings is 1. The van der Waals surface area contributed by atoms with Crippen molar-refractivity contribution in [1.29, 1.82) is 0 Å². The molecule has 0 spiro atoms. The lowest BCUT2D eigenvalue weighted by Crippen LogP contribution is -2.37. The minimum atomic E-state index is 0.169. The first-order chi connectivity index (χ1) is 8.90. The first kappa shape index (κ1) is 13.9. The monoisotopic (exact) mass is 260 g/mol. The van der Waals surface area contributed by atoms with Gasteiger partial charge in [-0.2, -0.15) is 0 Å². The van der Waals surface area contributed by atoms with Crippen molar-refractivity contribution in [2.24, 2.45) is 7.05 Å². The number of hydrogen-bond acceptors (Lipinski definition) is 2. The van der Waals surface area contributed by atoms with Crippen LogP contribution in [0.25, 0.3) is 10.9 Å². The maximum Gasteiger partial charge on any atom is 0.119 e. The minimum Gasteiger partial charge on any atom is -0.497 e. The summed E-state index contributed by atoms with van der Waals surface area (Å²) in [7, 11) is 3.81. The third-order valence-electron chi connectivity index (χ3n) is 3.33. The van der Waals surface area contributed by atoms with Gasteiger partial charge in [-0.05, 0) is 57.5 Å². The Morgan fingerprint density at radius 1 is 1.26 bits per heavy atom. The number of ether oxygens (including phenoxy) is 1. The Morgan fingerprint density at radius 3 is 2.63 bits per heavy atom. The van der Waals surface area contributed by atoms with Gasteiger partial charge in [-0.3, -0.25) is 0 Å². The molecule has 1 aromatic carbocycles. The molecular weight excluding hydrogens is 236 g/mol. The molecule has 1 heterocycles. The quantitative estimate of drug-likeness (QED) is 0.914. The smallest absolute Gasteiger partial charge is 0.119 e. The van der Waals surface area contributed by atoms with E-state index in [2.05, 4.69) is 56.0 Å².